The Labute approximate surface area is 125 Å². The van der Waals surface area contributed by atoms with Crippen LogP contribution in [0.4, 0.5) is 5.95 Å². The predicted octanol–water partition coefficient (Wildman–Crippen LogP) is 2.63. The molecule has 5 nitrogen and oxygen atoms in total. The number of hydrogen-bond acceptors (Lipinski definition) is 3. The summed E-state index contributed by atoms with van der Waals surface area (Å²) >= 11 is 0. The van der Waals surface area contributed by atoms with Gasteiger partial charge in [0, 0.05) is 13.1 Å². The minimum atomic E-state index is 0.0198. The van der Waals surface area contributed by atoms with E-state index in [1.807, 2.05) is 28.8 Å². The van der Waals surface area contributed by atoms with E-state index >= 15 is 0 Å². The van der Waals surface area contributed by atoms with Crippen molar-refractivity contribution < 1.29 is 4.79 Å². The minimum Gasteiger partial charge on any atom is -0.356 e. The van der Waals surface area contributed by atoms with Crippen LogP contribution >= 0.6 is 0 Å². The van der Waals surface area contributed by atoms with E-state index in [4.69, 9.17) is 0 Å². The average molecular weight is 288 g/mol. The zero-order valence-electron chi connectivity index (χ0n) is 13.0. The average Bonchev–Trinajstić information content (AvgIpc) is 2.81. The van der Waals surface area contributed by atoms with E-state index in [1.165, 1.54) is 0 Å². The molecule has 1 heterocycles. The lowest BCUT2D eigenvalue weighted by Gasteiger charge is -2.11. The van der Waals surface area contributed by atoms with Gasteiger partial charge in [-0.25, -0.2) is 4.98 Å². The molecule has 0 fully saturated rings. The molecular weight excluding hydrogens is 264 g/mol. The zero-order chi connectivity index (χ0) is 15.2. The van der Waals surface area contributed by atoms with Crippen molar-refractivity contribution in [3.63, 3.8) is 0 Å². The SMILES string of the molecule is CCCNc1nc2ccccc2n1CC(=O)NCC(C)C. The third-order valence-electron chi connectivity index (χ3n) is 3.20. The second-order valence-electron chi connectivity index (χ2n) is 5.63. The summed E-state index contributed by atoms with van der Waals surface area (Å²) in [5.41, 5.74) is 1.89. The molecule has 0 saturated carbocycles. The number of hydrogen-bond donors (Lipinski definition) is 2. The molecule has 1 amide bonds. The van der Waals surface area contributed by atoms with Crippen LogP contribution in [0.2, 0.25) is 0 Å². The predicted molar refractivity (Wildman–Crippen MR) is 86.4 cm³/mol. The molecule has 0 aliphatic rings. The van der Waals surface area contributed by atoms with Crippen LogP contribution in [0.5, 0.6) is 0 Å². The van der Waals surface area contributed by atoms with E-state index in [9.17, 15) is 4.79 Å². The molecule has 0 unspecified atom stereocenters. The number of fused-ring (bicyclic) bond motifs is 1. The van der Waals surface area contributed by atoms with Gasteiger partial charge in [-0.2, -0.15) is 0 Å². The molecule has 1 aromatic carbocycles. The molecule has 114 valence electrons. The maximum atomic E-state index is 12.1. The number of anilines is 1. The van der Waals surface area contributed by atoms with Gasteiger partial charge < -0.3 is 15.2 Å². The minimum absolute atomic E-state index is 0.0198. The van der Waals surface area contributed by atoms with Gasteiger partial charge in [0.1, 0.15) is 6.54 Å². The Kier molecular flexibility index (Phi) is 5.20. The highest BCUT2D eigenvalue weighted by Gasteiger charge is 2.13. The summed E-state index contributed by atoms with van der Waals surface area (Å²) in [6.45, 7) is 8.11. The molecule has 0 radical (unpaired) electrons. The van der Waals surface area contributed by atoms with Crippen LogP contribution in [-0.2, 0) is 11.3 Å². The van der Waals surface area contributed by atoms with E-state index in [0.717, 1.165) is 29.9 Å². The van der Waals surface area contributed by atoms with Gasteiger partial charge in [0.05, 0.1) is 11.0 Å². The first-order valence-corrected chi connectivity index (χ1v) is 7.57. The smallest absolute Gasteiger partial charge is 0.240 e. The molecular formula is C16H24N4O. The summed E-state index contributed by atoms with van der Waals surface area (Å²) in [6, 6.07) is 7.89. The maximum absolute atomic E-state index is 12.1. The first-order valence-electron chi connectivity index (χ1n) is 7.57. The first-order chi connectivity index (χ1) is 10.1. The normalized spacial score (nSPS) is 11.0. The van der Waals surface area contributed by atoms with Crippen LogP contribution in [-0.4, -0.2) is 28.5 Å². The van der Waals surface area contributed by atoms with Crippen LogP contribution < -0.4 is 10.6 Å². The van der Waals surface area contributed by atoms with Crippen LogP contribution in [0.25, 0.3) is 11.0 Å². The summed E-state index contributed by atoms with van der Waals surface area (Å²) in [4.78, 5) is 16.7. The van der Waals surface area contributed by atoms with Gasteiger partial charge in [-0.15, -0.1) is 0 Å². The fraction of sp³-hybridized carbons (Fsp3) is 0.500. The number of nitrogens with one attached hydrogen (secondary N) is 2. The van der Waals surface area contributed by atoms with E-state index in [0.29, 0.717) is 19.0 Å². The largest absolute Gasteiger partial charge is 0.356 e. The molecule has 2 aromatic rings. The van der Waals surface area contributed by atoms with Crippen LogP contribution in [0.3, 0.4) is 0 Å². The molecule has 0 saturated heterocycles. The van der Waals surface area contributed by atoms with Gasteiger partial charge in [0.2, 0.25) is 11.9 Å². The summed E-state index contributed by atoms with van der Waals surface area (Å²) in [7, 11) is 0. The van der Waals surface area contributed by atoms with Gasteiger partial charge >= 0.3 is 0 Å². The fourth-order valence-corrected chi connectivity index (χ4v) is 2.12. The van der Waals surface area contributed by atoms with Gasteiger partial charge in [-0.3, -0.25) is 4.79 Å². The van der Waals surface area contributed by atoms with Gasteiger partial charge in [-0.05, 0) is 24.5 Å². The number of para-hydroxylation sites is 2. The Morgan fingerprint density at radius 3 is 2.81 bits per heavy atom. The standard InChI is InChI=1S/C16H24N4O/c1-4-9-17-16-19-13-7-5-6-8-14(13)20(16)11-15(21)18-10-12(2)3/h5-8,12H,4,9-11H2,1-3H3,(H,17,19)(H,18,21). The van der Waals surface area contributed by atoms with Crippen molar-refractivity contribution >= 4 is 22.9 Å². The lowest BCUT2D eigenvalue weighted by molar-refractivity contribution is -0.121. The number of nitrogens with zero attached hydrogens (tertiary/aromatic N) is 2. The van der Waals surface area contributed by atoms with Gasteiger partial charge in [-0.1, -0.05) is 32.9 Å². The van der Waals surface area contributed by atoms with Gasteiger partial charge in [0.25, 0.3) is 0 Å². The highest BCUT2D eigenvalue weighted by atomic mass is 16.1. The number of aromatic nitrogens is 2. The lowest BCUT2D eigenvalue weighted by Crippen LogP contribution is -2.31. The lowest BCUT2D eigenvalue weighted by atomic mass is 10.2. The Morgan fingerprint density at radius 1 is 1.33 bits per heavy atom. The number of imidazole rings is 1. The molecule has 0 bridgehead atoms. The van der Waals surface area contributed by atoms with Crippen molar-refractivity contribution in [1.29, 1.82) is 0 Å². The Balaban J connectivity index is 2.21. The molecule has 2 rings (SSSR count). The van der Waals surface area contributed by atoms with E-state index in [1.54, 1.807) is 0 Å². The Bertz CT molecular complexity index is 603. The summed E-state index contributed by atoms with van der Waals surface area (Å²) in [5, 5.41) is 6.25. The van der Waals surface area contributed by atoms with Crippen LogP contribution in [0, 0.1) is 5.92 Å². The third kappa shape index (κ3) is 3.97. The van der Waals surface area contributed by atoms with Crippen LogP contribution in [0.15, 0.2) is 24.3 Å². The number of benzene rings is 1. The number of amides is 1. The van der Waals surface area contributed by atoms with E-state index in [2.05, 4.69) is 36.4 Å². The number of rotatable bonds is 7. The topological polar surface area (TPSA) is 59.0 Å². The van der Waals surface area contributed by atoms with Crippen molar-refractivity contribution in [3.05, 3.63) is 24.3 Å². The van der Waals surface area contributed by atoms with Crippen molar-refractivity contribution in [2.45, 2.75) is 33.7 Å². The highest BCUT2D eigenvalue weighted by Crippen LogP contribution is 2.19. The molecule has 0 spiro atoms. The van der Waals surface area contributed by atoms with E-state index < -0.39 is 0 Å². The molecule has 0 aliphatic carbocycles. The molecule has 0 aliphatic heterocycles. The quantitative estimate of drug-likeness (QED) is 0.823. The molecule has 1 aromatic heterocycles. The molecule has 21 heavy (non-hydrogen) atoms. The first kappa shape index (κ1) is 15.4. The molecule has 5 heteroatoms. The Hall–Kier alpha value is -2.04. The van der Waals surface area contributed by atoms with Crippen molar-refractivity contribution in [3.8, 4) is 0 Å². The Morgan fingerprint density at radius 2 is 2.10 bits per heavy atom. The maximum Gasteiger partial charge on any atom is 0.240 e. The highest BCUT2D eigenvalue weighted by molar-refractivity contribution is 5.83. The summed E-state index contributed by atoms with van der Waals surface area (Å²) in [6.07, 6.45) is 1.02. The number of carbonyl (C=O) groups excluding carboxylic acids is 1. The zero-order valence-corrected chi connectivity index (χ0v) is 13.0. The van der Waals surface area contributed by atoms with Crippen molar-refractivity contribution in [2.24, 2.45) is 5.92 Å². The summed E-state index contributed by atoms with van der Waals surface area (Å²) in [5.74, 6) is 1.23. The molecule has 0 atom stereocenters. The molecule has 2 N–H and O–H groups in total. The van der Waals surface area contributed by atoms with Crippen LogP contribution in [0.1, 0.15) is 27.2 Å². The van der Waals surface area contributed by atoms with Crippen molar-refractivity contribution in [1.82, 2.24) is 14.9 Å². The summed E-state index contributed by atoms with van der Waals surface area (Å²) < 4.78 is 1.95. The fourth-order valence-electron chi connectivity index (χ4n) is 2.12. The second kappa shape index (κ2) is 7.11. The van der Waals surface area contributed by atoms with E-state index in [-0.39, 0.29) is 5.91 Å². The second-order valence-corrected chi connectivity index (χ2v) is 5.63. The monoisotopic (exact) mass is 288 g/mol. The third-order valence-corrected chi connectivity index (χ3v) is 3.20. The van der Waals surface area contributed by atoms with Crippen molar-refractivity contribution in [2.75, 3.05) is 18.4 Å². The van der Waals surface area contributed by atoms with Gasteiger partial charge in [0.15, 0.2) is 0 Å². The number of carbonyl (C=O) groups is 1.